The van der Waals surface area contributed by atoms with Crippen LogP contribution >= 0.6 is 15.9 Å². The Kier molecular flexibility index (Phi) is 6.27. The van der Waals surface area contributed by atoms with Crippen molar-refractivity contribution in [3.8, 4) is 11.8 Å². The van der Waals surface area contributed by atoms with Gasteiger partial charge in [0.25, 0.3) is 10.0 Å². The van der Waals surface area contributed by atoms with Crippen LogP contribution in [0.3, 0.4) is 0 Å². The van der Waals surface area contributed by atoms with Gasteiger partial charge in [0, 0.05) is 16.9 Å². The number of nitriles is 1. The van der Waals surface area contributed by atoms with E-state index in [4.69, 9.17) is 4.74 Å². The molecule has 28 heavy (non-hydrogen) atoms. The Morgan fingerprint density at radius 1 is 1.18 bits per heavy atom. The van der Waals surface area contributed by atoms with E-state index >= 15 is 0 Å². The van der Waals surface area contributed by atoms with Crippen LogP contribution in [0, 0.1) is 18.3 Å². The number of halogens is 1. The number of alkyl halides is 1. The van der Waals surface area contributed by atoms with Crippen LogP contribution in [-0.2, 0) is 10.0 Å². The summed E-state index contributed by atoms with van der Waals surface area (Å²) in [7, 11) is -3.78. The maximum Gasteiger partial charge on any atom is 0.261 e. The zero-order valence-corrected chi connectivity index (χ0v) is 17.7. The van der Waals surface area contributed by atoms with Crippen molar-refractivity contribution in [2.45, 2.75) is 24.7 Å². The summed E-state index contributed by atoms with van der Waals surface area (Å²) >= 11 is 3.37. The molecular formula is C20H20BrN3O3S. The second-order valence-electron chi connectivity index (χ2n) is 6.32. The molecule has 0 aliphatic heterocycles. The number of aromatic amines is 1. The van der Waals surface area contributed by atoms with E-state index in [0.29, 0.717) is 29.1 Å². The van der Waals surface area contributed by atoms with Gasteiger partial charge in [-0.25, -0.2) is 8.42 Å². The molecule has 0 spiro atoms. The summed E-state index contributed by atoms with van der Waals surface area (Å²) in [4.78, 5) is 3.13. The number of ether oxygens (including phenoxy) is 1. The van der Waals surface area contributed by atoms with Gasteiger partial charge >= 0.3 is 0 Å². The molecule has 2 N–H and O–H groups in total. The van der Waals surface area contributed by atoms with Crippen LogP contribution in [0.5, 0.6) is 5.75 Å². The van der Waals surface area contributed by atoms with E-state index in [2.05, 4.69) is 31.7 Å². The van der Waals surface area contributed by atoms with E-state index in [-0.39, 0.29) is 4.90 Å². The number of fused-ring (bicyclic) bond motifs is 1. The van der Waals surface area contributed by atoms with Gasteiger partial charge in [0.15, 0.2) is 0 Å². The summed E-state index contributed by atoms with van der Waals surface area (Å²) < 4.78 is 33.8. The van der Waals surface area contributed by atoms with Gasteiger partial charge in [0.05, 0.1) is 28.3 Å². The van der Waals surface area contributed by atoms with Crippen LogP contribution in [0.15, 0.2) is 47.5 Å². The molecule has 2 aromatic carbocycles. The monoisotopic (exact) mass is 461 g/mol. The Hall–Kier alpha value is -2.50. The summed E-state index contributed by atoms with van der Waals surface area (Å²) in [5, 5.41) is 10.9. The smallest absolute Gasteiger partial charge is 0.261 e. The summed E-state index contributed by atoms with van der Waals surface area (Å²) in [5.41, 5.74) is 2.37. The molecule has 8 heteroatoms. The van der Waals surface area contributed by atoms with Crippen LogP contribution in [0.2, 0.25) is 0 Å². The quantitative estimate of drug-likeness (QED) is 0.375. The molecule has 6 nitrogen and oxygen atoms in total. The Morgan fingerprint density at radius 3 is 2.61 bits per heavy atom. The molecule has 0 saturated carbocycles. The predicted octanol–water partition coefficient (Wildman–Crippen LogP) is 4.70. The topological polar surface area (TPSA) is 95.0 Å². The van der Waals surface area contributed by atoms with Crippen LogP contribution in [-0.4, -0.2) is 25.3 Å². The molecule has 0 aliphatic carbocycles. The number of H-pyrrole nitrogens is 1. The summed E-state index contributed by atoms with van der Waals surface area (Å²) in [6.07, 6.45) is 3.53. The van der Waals surface area contributed by atoms with Gasteiger partial charge in [-0.3, -0.25) is 4.72 Å². The average Bonchev–Trinajstić information content (AvgIpc) is 3.13. The normalized spacial score (nSPS) is 11.3. The number of hydrogen-bond acceptors (Lipinski definition) is 4. The third-order valence-electron chi connectivity index (χ3n) is 4.34. The Labute approximate surface area is 172 Å². The molecular weight excluding hydrogens is 442 g/mol. The van der Waals surface area contributed by atoms with E-state index in [0.717, 1.165) is 29.1 Å². The highest BCUT2D eigenvalue weighted by molar-refractivity contribution is 9.09. The largest absolute Gasteiger partial charge is 0.494 e. The van der Waals surface area contributed by atoms with Crippen molar-refractivity contribution in [3.05, 3.63) is 53.7 Å². The van der Waals surface area contributed by atoms with Gasteiger partial charge in [-0.1, -0.05) is 22.0 Å². The van der Waals surface area contributed by atoms with Crippen molar-refractivity contribution >= 4 is 42.5 Å². The van der Waals surface area contributed by atoms with E-state index in [9.17, 15) is 13.7 Å². The molecule has 0 unspecified atom stereocenters. The molecule has 3 rings (SSSR count). The second-order valence-corrected chi connectivity index (χ2v) is 8.79. The number of nitrogens with one attached hydrogen (secondary N) is 2. The molecule has 0 aliphatic rings. The van der Waals surface area contributed by atoms with Crippen molar-refractivity contribution in [1.82, 2.24) is 4.98 Å². The first-order valence-corrected chi connectivity index (χ1v) is 11.4. The number of benzene rings is 2. The predicted molar refractivity (Wildman–Crippen MR) is 114 cm³/mol. The second kappa shape index (κ2) is 8.67. The molecule has 146 valence electrons. The minimum atomic E-state index is -3.78. The molecule has 0 saturated heterocycles. The van der Waals surface area contributed by atoms with Crippen molar-refractivity contribution in [2.24, 2.45) is 0 Å². The molecule has 3 aromatic rings. The fourth-order valence-electron chi connectivity index (χ4n) is 2.90. The third-order valence-corrected chi connectivity index (χ3v) is 6.28. The van der Waals surface area contributed by atoms with E-state index in [1.54, 1.807) is 30.5 Å². The van der Waals surface area contributed by atoms with Gasteiger partial charge in [0.2, 0.25) is 0 Å². The third kappa shape index (κ3) is 4.32. The molecule has 0 atom stereocenters. The number of aryl methyl sites for hydroxylation is 1. The van der Waals surface area contributed by atoms with Crippen LogP contribution in [0.4, 0.5) is 5.69 Å². The standard InChI is InChI=1S/C20H20BrN3O3S/c1-14-4-9-18(20-19(14)15(12-22)13-23-20)24-28(25,26)17-7-5-16(6-8-17)27-11-3-2-10-21/h4-9,13,23-24H,2-3,10-11H2,1H3. The minimum absolute atomic E-state index is 0.140. The SMILES string of the molecule is Cc1ccc(NS(=O)(=O)c2ccc(OCCCCBr)cc2)c2[nH]cc(C#N)c12. The lowest BCUT2D eigenvalue weighted by atomic mass is 10.1. The highest BCUT2D eigenvalue weighted by atomic mass is 79.9. The van der Waals surface area contributed by atoms with Crippen molar-refractivity contribution in [2.75, 3.05) is 16.7 Å². The summed E-state index contributed by atoms with van der Waals surface area (Å²) in [6.45, 7) is 2.47. The molecule has 1 heterocycles. The maximum absolute atomic E-state index is 12.8. The molecule has 0 fully saturated rings. The minimum Gasteiger partial charge on any atom is -0.494 e. The van der Waals surface area contributed by atoms with Crippen molar-refractivity contribution < 1.29 is 13.2 Å². The van der Waals surface area contributed by atoms with Crippen LogP contribution < -0.4 is 9.46 Å². The van der Waals surface area contributed by atoms with E-state index in [1.807, 2.05) is 6.92 Å². The zero-order valence-electron chi connectivity index (χ0n) is 15.3. The number of nitrogens with zero attached hydrogens (tertiary/aromatic N) is 1. The van der Waals surface area contributed by atoms with Crippen LogP contribution in [0.1, 0.15) is 24.0 Å². The number of hydrogen-bond donors (Lipinski definition) is 2. The molecule has 0 bridgehead atoms. The van der Waals surface area contributed by atoms with Gasteiger partial charge in [-0.15, -0.1) is 0 Å². The van der Waals surface area contributed by atoms with E-state index < -0.39 is 10.0 Å². The lowest BCUT2D eigenvalue weighted by molar-refractivity contribution is 0.310. The first-order valence-electron chi connectivity index (χ1n) is 8.78. The number of aromatic nitrogens is 1. The highest BCUT2D eigenvalue weighted by Crippen LogP contribution is 2.30. The van der Waals surface area contributed by atoms with Crippen molar-refractivity contribution in [3.63, 3.8) is 0 Å². The molecule has 0 amide bonds. The van der Waals surface area contributed by atoms with E-state index in [1.165, 1.54) is 12.1 Å². The van der Waals surface area contributed by atoms with Crippen LogP contribution in [0.25, 0.3) is 10.9 Å². The first-order chi connectivity index (χ1) is 13.5. The molecule has 1 aromatic heterocycles. The fraction of sp³-hybridized carbons (Fsp3) is 0.250. The van der Waals surface area contributed by atoms with Gasteiger partial charge in [0.1, 0.15) is 11.8 Å². The lowest BCUT2D eigenvalue weighted by Gasteiger charge is -2.11. The number of anilines is 1. The number of sulfonamides is 1. The number of unbranched alkanes of at least 4 members (excludes halogenated alkanes) is 1. The Morgan fingerprint density at radius 2 is 1.93 bits per heavy atom. The zero-order chi connectivity index (χ0) is 20.1. The van der Waals surface area contributed by atoms with Gasteiger partial charge in [-0.05, 0) is 55.7 Å². The number of rotatable bonds is 8. The fourth-order valence-corrected chi connectivity index (χ4v) is 4.37. The Bertz CT molecular complexity index is 1120. The maximum atomic E-state index is 12.8. The summed E-state index contributed by atoms with van der Waals surface area (Å²) in [6, 6.07) is 11.9. The van der Waals surface area contributed by atoms with Gasteiger partial charge < -0.3 is 9.72 Å². The lowest BCUT2D eigenvalue weighted by Crippen LogP contribution is -2.13. The summed E-state index contributed by atoms with van der Waals surface area (Å²) in [5.74, 6) is 0.634. The molecule has 0 radical (unpaired) electrons. The first kappa shape index (κ1) is 20.2. The van der Waals surface area contributed by atoms with Gasteiger partial charge in [-0.2, -0.15) is 5.26 Å². The highest BCUT2D eigenvalue weighted by Gasteiger charge is 2.18. The average molecular weight is 462 g/mol. The van der Waals surface area contributed by atoms with Crippen molar-refractivity contribution in [1.29, 1.82) is 5.26 Å². The Balaban J connectivity index is 1.81.